The van der Waals surface area contributed by atoms with Crippen LogP contribution in [0.15, 0.2) is 29.7 Å². The highest BCUT2D eigenvalue weighted by molar-refractivity contribution is 7.89. The second-order valence-electron chi connectivity index (χ2n) is 4.08. The summed E-state index contributed by atoms with van der Waals surface area (Å²) < 4.78 is 29.5. The molecule has 10 heteroatoms. The molecule has 0 saturated heterocycles. The predicted octanol–water partition coefficient (Wildman–Crippen LogP) is -1.16. The van der Waals surface area contributed by atoms with Gasteiger partial charge in [0.2, 0.25) is 10.0 Å². The summed E-state index contributed by atoms with van der Waals surface area (Å²) in [5, 5.41) is 20.0. The molecule has 20 heavy (non-hydrogen) atoms. The van der Waals surface area contributed by atoms with E-state index in [4.69, 9.17) is 5.11 Å². The van der Waals surface area contributed by atoms with Gasteiger partial charge in [0.15, 0.2) is 0 Å². The highest BCUT2D eigenvalue weighted by Gasteiger charge is 2.15. The molecule has 0 aromatic carbocycles. The Hall–Kier alpha value is -1.78. The van der Waals surface area contributed by atoms with Gasteiger partial charge in [-0.3, -0.25) is 9.36 Å². The first kappa shape index (κ1) is 14.6. The molecule has 0 atom stereocenters. The van der Waals surface area contributed by atoms with Gasteiger partial charge in [0.05, 0.1) is 18.9 Å². The fourth-order valence-corrected chi connectivity index (χ4v) is 2.54. The van der Waals surface area contributed by atoms with Crippen LogP contribution in [0.4, 0.5) is 0 Å². The van der Waals surface area contributed by atoms with Crippen molar-refractivity contribution in [3.05, 3.63) is 24.8 Å². The maximum absolute atomic E-state index is 12.0. The number of rotatable bonds is 8. The Morgan fingerprint density at radius 1 is 1.30 bits per heavy atom. The smallest absolute Gasteiger partial charge is 0.243 e. The Kier molecular flexibility index (Phi) is 4.82. The van der Waals surface area contributed by atoms with Gasteiger partial charge >= 0.3 is 0 Å². The molecule has 2 heterocycles. The van der Waals surface area contributed by atoms with Crippen molar-refractivity contribution in [1.29, 1.82) is 0 Å². The first-order valence-corrected chi connectivity index (χ1v) is 7.57. The van der Waals surface area contributed by atoms with Gasteiger partial charge in [-0.1, -0.05) is 5.21 Å². The second kappa shape index (κ2) is 6.59. The van der Waals surface area contributed by atoms with Gasteiger partial charge in [-0.05, 0) is 6.42 Å². The van der Waals surface area contributed by atoms with E-state index in [0.717, 1.165) is 0 Å². The molecule has 110 valence electrons. The van der Waals surface area contributed by atoms with Crippen LogP contribution < -0.4 is 4.72 Å². The SMILES string of the molecule is O=S(=O)(NCCn1ccnn1)c1cnn(CCCO)c1. The van der Waals surface area contributed by atoms with E-state index in [1.54, 1.807) is 6.20 Å². The van der Waals surface area contributed by atoms with Crippen LogP contribution in [0.3, 0.4) is 0 Å². The molecule has 0 aliphatic rings. The Morgan fingerprint density at radius 3 is 2.85 bits per heavy atom. The van der Waals surface area contributed by atoms with Crippen molar-refractivity contribution in [2.45, 2.75) is 24.4 Å². The fraction of sp³-hybridized carbons (Fsp3) is 0.500. The molecule has 0 aliphatic carbocycles. The minimum Gasteiger partial charge on any atom is -0.396 e. The highest BCUT2D eigenvalue weighted by atomic mass is 32.2. The number of nitrogens with one attached hydrogen (secondary N) is 1. The molecule has 0 radical (unpaired) electrons. The monoisotopic (exact) mass is 300 g/mol. The number of sulfonamides is 1. The number of nitrogens with zero attached hydrogens (tertiary/aromatic N) is 5. The molecule has 0 fully saturated rings. The topological polar surface area (TPSA) is 115 Å². The van der Waals surface area contributed by atoms with Crippen LogP contribution in [0, 0.1) is 0 Å². The average Bonchev–Trinajstić information content (AvgIpc) is 3.07. The fourth-order valence-electron chi connectivity index (χ4n) is 1.57. The van der Waals surface area contributed by atoms with Crippen molar-refractivity contribution >= 4 is 10.0 Å². The first-order chi connectivity index (χ1) is 9.62. The summed E-state index contributed by atoms with van der Waals surface area (Å²) in [6.45, 7) is 1.13. The summed E-state index contributed by atoms with van der Waals surface area (Å²) in [5.41, 5.74) is 0. The van der Waals surface area contributed by atoms with Crippen molar-refractivity contribution in [2.24, 2.45) is 0 Å². The van der Waals surface area contributed by atoms with Crippen LogP contribution in [0.5, 0.6) is 0 Å². The molecule has 9 nitrogen and oxygen atoms in total. The van der Waals surface area contributed by atoms with Gasteiger partial charge in [0.25, 0.3) is 0 Å². The molecule has 0 unspecified atom stereocenters. The van der Waals surface area contributed by atoms with Crippen LogP contribution in [-0.2, 0) is 23.1 Å². The summed E-state index contributed by atoms with van der Waals surface area (Å²) in [5.74, 6) is 0. The van der Waals surface area contributed by atoms with Crippen molar-refractivity contribution in [3.8, 4) is 0 Å². The van der Waals surface area contributed by atoms with E-state index in [-0.39, 0.29) is 18.0 Å². The standard InChI is InChI=1S/C10H16N6O3S/c17-7-1-4-16-9-10(8-12-16)20(18,19)13-3-6-15-5-2-11-14-15/h2,5,8-9,13,17H,1,3-4,6-7H2. The Morgan fingerprint density at radius 2 is 2.15 bits per heavy atom. The number of aliphatic hydroxyl groups is 1. The van der Waals surface area contributed by atoms with Gasteiger partial charge in [-0.2, -0.15) is 5.10 Å². The Labute approximate surface area is 116 Å². The van der Waals surface area contributed by atoms with Crippen LogP contribution in [0.1, 0.15) is 6.42 Å². The predicted molar refractivity (Wildman–Crippen MR) is 69.1 cm³/mol. The Bertz CT molecular complexity index is 621. The van der Waals surface area contributed by atoms with E-state index in [1.807, 2.05) is 0 Å². The Balaban J connectivity index is 1.90. The van der Waals surface area contributed by atoms with E-state index in [9.17, 15) is 8.42 Å². The molecule has 0 saturated carbocycles. The zero-order valence-corrected chi connectivity index (χ0v) is 11.6. The summed E-state index contributed by atoms with van der Waals surface area (Å²) in [6, 6.07) is 0. The quantitative estimate of drug-likeness (QED) is 0.635. The maximum Gasteiger partial charge on any atom is 0.243 e. The van der Waals surface area contributed by atoms with Gasteiger partial charge < -0.3 is 5.11 Å². The molecule has 0 amide bonds. The third-order valence-corrected chi connectivity index (χ3v) is 3.99. The van der Waals surface area contributed by atoms with E-state index < -0.39 is 10.0 Å². The van der Waals surface area contributed by atoms with Crippen LogP contribution in [0.2, 0.25) is 0 Å². The lowest BCUT2D eigenvalue weighted by molar-refractivity contribution is 0.277. The van der Waals surface area contributed by atoms with E-state index >= 15 is 0 Å². The minimum absolute atomic E-state index is 0.0398. The second-order valence-corrected chi connectivity index (χ2v) is 5.85. The normalized spacial score (nSPS) is 11.8. The van der Waals surface area contributed by atoms with Crippen LogP contribution in [0.25, 0.3) is 0 Å². The third-order valence-electron chi connectivity index (χ3n) is 2.57. The number of aryl methyl sites for hydroxylation is 1. The molecule has 2 rings (SSSR count). The number of aromatic nitrogens is 5. The molecular formula is C10H16N6O3S. The number of hydrogen-bond acceptors (Lipinski definition) is 6. The molecule has 2 N–H and O–H groups in total. The minimum atomic E-state index is -3.58. The van der Waals surface area contributed by atoms with Crippen molar-refractivity contribution in [1.82, 2.24) is 29.5 Å². The van der Waals surface area contributed by atoms with Gasteiger partial charge in [0.1, 0.15) is 4.90 Å². The molecule has 2 aromatic rings. The van der Waals surface area contributed by atoms with E-state index in [2.05, 4.69) is 20.1 Å². The summed E-state index contributed by atoms with van der Waals surface area (Å²) in [7, 11) is -3.58. The van der Waals surface area contributed by atoms with Crippen LogP contribution >= 0.6 is 0 Å². The molecular weight excluding hydrogens is 284 g/mol. The number of aliphatic hydroxyl groups excluding tert-OH is 1. The summed E-state index contributed by atoms with van der Waals surface area (Å²) in [4.78, 5) is 0.106. The lowest BCUT2D eigenvalue weighted by Gasteiger charge is -2.04. The molecule has 0 aliphatic heterocycles. The van der Waals surface area contributed by atoms with Gasteiger partial charge in [0, 0.05) is 32.1 Å². The zero-order chi connectivity index (χ0) is 14.4. The lowest BCUT2D eigenvalue weighted by Crippen LogP contribution is -2.27. The highest BCUT2D eigenvalue weighted by Crippen LogP contribution is 2.06. The zero-order valence-electron chi connectivity index (χ0n) is 10.8. The molecule has 0 spiro atoms. The summed E-state index contributed by atoms with van der Waals surface area (Å²) in [6.07, 6.45) is 6.43. The van der Waals surface area contributed by atoms with E-state index in [0.29, 0.717) is 19.5 Å². The van der Waals surface area contributed by atoms with Crippen molar-refractivity contribution < 1.29 is 13.5 Å². The average molecular weight is 300 g/mol. The summed E-state index contributed by atoms with van der Waals surface area (Å²) >= 11 is 0. The largest absolute Gasteiger partial charge is 0.396 e. The van der Waals surface area contributed by atoms with Crippen molar-refractivity contribution in [3.63, 3.8) is 0 Å². The first-order valence-electron chi connectivity index (χ1n) is 6.09. The van der Waals surface area contributed by atoms with Gasteiger partial charge in [-0.25, -0.2) is 13.1 Å². The number of hydrogen-bond donors (Lipinski definition) is 2. The van der Waals surface area contributed by atoms with Crippen LogP contribution in [-0.4, -0.2) is 51.5 Å². The van der Waals surface area contributed by atoms with E-state index in [1.165, 1.54) is 28.0 Å². The van der Waals surface area contributed by atoms with Gasteiger partial charge in [-0.15, -0.1) is 5.10 Å². The lowest BCUT2D eigenvalue weighted by atomic mass is 10.5. The van der Waals surface area contributed by atoms with Crippen molar-refractivity contribution in [2.75, 3.05) is 13.2 Å². The maximum atomic E-state index is 12.0. The molecule has 0 bridgehead atoms. The molecule has 2 aromatic heterocycles. The third kappa shape index (κ3) is 3.85.